The third kappa shape index (κ3) is 5.45. The minimum atomic E-state index is -0.864. The van der Waals surface area contributed by atoms with Gasteiger partial charge in [-0.3, -0.25) is 4.98 Å². The number of aliphatic carboxylic acids is 1. The van der Waals surface area contributed by atoms with Gasteiger partial charge in [0.15, 0.2) is 0 Å². The minimum Gasteiger partial charge on any atom is -0.480 e. The number of benzene rings is 2. The highest BCUT2D eigenvalue weighted by Crippen LogP contribution is 2.23. The van der Waals surface area contributed by atoms with E-state index in [9.17, 15) is 9.90 Å². The zero-order chi connectivity index (χ0) is 23.0. The van der Waals surface area contributed by atoms with Gasteiger partial charge >= 0.3 is 5.97 Å². The van der Waals surface area contributed by atoms with Gasteiger partial charge in [-0.1, -0.05) is 18.2 Å². The van der Waals surface area contributed by atoms with Crippen molar-refractivity contribution in [2.45, 2.75) is 25.3 Å². The van der Waals surface area contributed by atoms with Crippen molar-refractivity contribution in [1.29, 1.82) is 0 Å². The summed E-state index contributed by atoms with van der Waals surface area (Å²) in [6.45, 7) is 0.584. The number of carboxylic acid groups (broad SMARTS) is 1. The van der Waals surface area contributed by atoms with Crippen LogP contribution in [0.3, 0.4) is 0 Å². The van der Waals surface area contributed by atoms with Gasteiger partial charge in [0.2, 0.25) is 0 Å². The highest BCUT2D eigenvalue weighted by molar-refractivity contribution is 6.03. The Labute approximate surface area is 191 Å². The van der Waals surface area contributed by atoms with Crippen LogP contribution in [-0.2, 0) is 4.79 Å². The molecular weight excluding hydrogens is 416 g/mol. The first-order valence-electron chi connectivity index (χ1n) is 10.9. The number of unbranched alkanes of at least 4 members (excludes halogenated alkanes) is 1. The van der Waals surface area contributed by atoms with Crippen molar-refractivity contribution in [2.24, 2.45) is 5.73 Å². The Morgan fingerprint density at radius 3 is 2.70 bits per heavy atom. The number of nitrogens with zero attached hydrogens (tertiary/aromatic N) is 2. The Morgan fingerprint density at radius 2 is 1.85 bits per heavy atom. The van der Waals surface area contributed by atoms with Crippen molar-refractivity contribution in [3.8, 4) is 0 Å². The van der Waals surface area contributed by atoms with Crippen LogP contribution in [0.15, 0.2) is 83.6 Å². The van der Waals surface area contributed by atoms with E-state index >= 15 is 0 Å². The number of nitrogens with one attached hydrogen (secondary N) is 1. The van der Waals surface area contributed by atoms with Gasteiger partial charge in [0.05, 0.1) is 17.3 Å². The van der Waals surface area contributed by atoms with Gasteiger partial charge in [-0.25, -0.2) is 9.78 Å². The molecule has 0 saturated carbocycles. The van der Waals surface area contributed by atoms with E-state index in [2.05, 4.69) is 15.3 Å². The van der Waals surface area contributed by atoms with Crippen LogP contribution in [0.2, 0.25) is 0 Å². The van der Waals surface area contributed by atoms with Crippen LogP contribution in [-0.4, -0.2) is 33.6 Å². The number of pyridine rings is 1. The Bertz CT molecular complexity index is 1370. The van der Waals surface area contributed by atoms with Crippen LogP contribution in [0.5, 0.6) is 0 Å². The SMILES string of the molecule is NCCCC[C@H](Nc1ccc2ccccc2n1)C(=O)O.c1coc2ccc3ccnc3c2c1. The molecule has 5 aromatic rings. The van der Waals surface area contributed by atoms with Crippen molar-refractivity contribution >= 4 is 44.6 Å². The summed E-state index contributed by atoms with van der Waals surface area (Å²) in [5, 5.41) is 15.5. The largest absolute Gasteiger partial charge is 0.480 e. The molecule has 0 amide bonds. The number of nitrogens with two attached hydrogens (primary N) is 1. The minimum absolute atomic E-state index is 0.543. The van der Waals surface area contributed by atoms with Crippen molar-refractivity contribution in [1.82, 2.24) is 9.97 Å². The summed E-state index contributed by atoms with van der Waals surface area (Å²) in [7, 11) is 0. The molecule has 3 aromatic heterocycles. The molecule has 5 rings (SSSR count). The summed E-state index contributed by atoms with van der Waals surface area (Å²) in [5.74, 6) is -0.277. The van der Waals surface area contributed by atoms with E-state index < -0.39 is 12.0 Å². The van der Waals surface area contributed by atoms with Crippen molar-refractivity contribution < 1.29 is 14.3 Å². The number of hydrogen-bond acceptors (Lipinski definition) is 6. The van der Waals surface area contributed by atoms with E-state index in [4.69, 9.17) is 10.2 Å². The van der Waals surface area contributed by atoms with Gasteiger partial charge in [-0.15, -0.1) is 0 Å². The molecule has 168 valence electrons. The van der Waals surface area contributed by atoms with Crippen LogP contribution in [0.25, 0.3) is 32.8 Å². The summed E-state index contributed by atoms with van der Waals surface area (Å²) >= 11 is 0. The summed E-state index contributed by atoms with van der Waals surface area (Å²) in [5.41, 5.74) is 8.17. The predicted molar refractivity (Wildman–Crippen MR) is 131 cm³/mol. The molecule has 0 unspecified atom stereocenters. The maximum atomic E-state index is 11.2. The normalized spacial score (nSPS) is 11.8. The van der Waals surface area contributed by atoms with E-state index in [1.807, 2.05) is 66.9 Å². The van der Waals surface area contributed by atoms with Crippen LogP contribution in [0, 0.1) is 0 Å². The molecular formula is C26H26N4O3. The van der Waals surface area contributed by atoms with Gasteiger partial charge in [0, 0.05) is 22.4 Å². The maximum absolute atomic E-state index is 11.2. The van der Waals surface area contributed by atoms with E-state index in [1.165, 1.54) is 0 Å². The lowest BCUT2D eigenvalue weighted by molar-refractivity contribution is -0.138. The van der Waals surface area contributed by atoms with Crippen molar-refractivity contribution in [3.63, 3.8) is 0 Å². The second-order valence-electron chi connectivity index (χ2n) is 7.68. The number of carboxylic acids is 1. The summed E-state index contributed by atoms with van der Waals surface area (Å²) in [6.07, 6.45) is 5.65. The number of fused-ring (bicyclic) bond motifs is 4. The number of para-hydroxylation sites is 1. The summed E-state index contributed by atoms with van der Waals surface area (Å²) in [6, 6.07) is 20.8. The molecule has 0 aliphatic heterocycles. The molecule has 3 heterocycles. The fourth-order valence-electron chi connectivity index (χ4n) is 3.66. The molecule has 7 heteroatoms. The molecule has 2 aromatic carbocycles. The fourth-order valence-corrected chi connectivity index (χ4v) is 3.66. The van der Waals surface area contributed by atoms with Crippen LogP contribution >= 0.6 is 0 Å². The third-order valence-corrected chi connectivity index (χ3v) is 5.37. The lowest BCUT2D eigenvalue weighted by atomic mass is 10.1. The van der Waals surface area contributed by atoms with Crippen LogP contribution in [0.4, 0.5) is 5.82 Å². The molecule has 0 bridgehead atoms. The quantitative estimate of drug-likeness (QED) is 0.296. The highest BCUT2D eigenvalue weighted by atomic mass is 16.4. The fraction of sp³-hybridized carbons (Fsp3) is 0.192. The molecule has 33 heavy (non-hydrogen) atoms. The Balaban J connectivity index is 0.000000170. The van der Waals surface area contributed by atoms with Crippen molar-refractivity contribution in [2.75, 3.05) is 11.9 Å². The molecule has 1 atom stereocenters. The van der Waals surface area contributed by atoms with E-state index in [0.717, 1.165) is 45.6 Å². The zero-order valence-corrected chi connectivity index (χ0v) is 18.1. The first-order chi connectivity index (χ1) is 16.2. The monoisotopic (exact) mass is 442 g/mol. The van der Waals surface area contributed by atoms with Gasteiger partial charge in [-0.05, 0) is 74.3 Å². The Hall–Kier alpha value is -3.97. The first kappa shape index (κ1) is 22.2. The smallest absolute Gasteiger partial charge is 0.326 e. The molecule has 4 N–H and O–H groups in total. The zero-order valence-electron chi connectivity index (χ0n) is 18.1. The number of carbonyl (C=O) groups is 1. The second-order valence-corrected chi connectivity index (χ2v) is 7.68. The highest BCUT2D eigenvalue weighted by Gasteiger charge is 2.17. The standard InChI is InChI=1S/C15H19N3O2.C11H7NO/c16-10-4-3-7-13(15(19)20)18-14-9-8-11-5-1-2-6-12(11)17-14;1-2-9-10(13-7-1)4-3-8-5-6-12-11(8)9/h1-2,5-6,8-9,13H,3-4,7,10,16H2,(H,17,18)(H,19,20);1-7H/t13-;/m0./s1. The number of aromatic nitrogens is 2. The summed E-state index contributed by atoms with van der Waals surface area (Å²) in [4.78, 5) is 20.0. The number of anilines is 1. The van der Waals surface area contributed by atoms with Gasteiger partial charge < -0.3 is 20.6 Å². The lowest BCUT2D eigenvalue weighted by Crippen LogP contribution is -2.29. The Kier molecular flexibility index (Phi) is 7.12. The van der Waals surface area contributed by atoms with Crippen molar-refractivity contribution in [3.05, 3.63) is 79.2 Å². The molecule has 0 radical (unpaired) electrons. The first-order valence-corrected chi connectivity index (χ1v) is 10.9. The van der Waals surface area contributed by atoms with E-state index in [0.29, 0.717) is 18.8 Å². The summed E-state index contributed by atoms with van der Waals surface area (Å²) < 4.78 is 5.35. The molecule has 0 aliphatic rings. The van der Waals surface area contributed by atoms with E-state index in [-0.39, 0.29) is 0 Å². The number of hydrogen-bond donors (Lipinski definition) is 3. The van der Waals surface area contributed by atoms with Crippen LogP contribution in [0.1, 0.15) is 19.3 Å². The topological polar surface area (TPSA) is 114 Å². The Morgan fingerprint density at radius 1 is 1.00 bits per heavy atom. The van der Waals surface area contributed by atoms with Gasteiger partial charge in [0.1, 0.15) is 17.4 Å². The second kappa shape index (κ2) is 10.6. The van der Waals surface area contributed by atoms with Gasteiger partial charge in [-0.2, -0.15) is 0 Å². The lowest BCUT2D eigenvalue weighted by Gasteiger charge is -2.15. The molecule has 0 fully saturated rings. The van der Waals surface area contributed by atoms with Crippen LogP contribution < -0.4 is 11.1 Å². The van der Waals surface area contributed by atoms with Gasteiger partial charge in [0.25, 0.3) is 0 Å². The number of rotatable bonds is 7. The third-order valence-electron chi connectivity index (χ3n) is 5.37. The average Bonchev–Trinajstić information content (AvgIpc) is 3.33. The molecule has 0 spiro atoms. The average molecular weight is 443 g/mol. The molecule has 0 aliphatic carbocycles. The molecule has 0 saturated heterocycles. The van der Waals surface area contributed by atoms with E-state index in [1.54, 1.807) is 12.3 Å². The molecule has 7 nitrogen and oxygen atoms in total. The predicted octanol–water partition coefficient (Wildman–Crippen LogP) is 5.21. The maximum Gasteiger partial charge on any atom is 0.326 e.